The summed E-state index contributed by atoms with van der Waals surface area (Å²) in [6.45, 7) is 8.02. The first-order valence-corrected chi connectivity index (χ1v) is 7.52. The molecule has 1 aromatic carbocycles. The van der Waals surface area contributed by atoms with Crippen LogP contribution in [0.5, 0.6) is 0 Å². The van der Waals surface area contributed by atoms with E-state index in [4.69, 9.17) is 0 Å². The average molecular weight is 282 g/mol. The molecule has 1 saturated heterocycles. The fourth-order valence-corrected chi connectivity index (χ4v) is 3.04. The lowest BCUT2D eigenvalue weighted by Crippen LogP contribution is -2.64. The predicted molar refractivity (Wildman–Crippen MR) is 79.1 cm³/mol. The third-order valence-electron chi connectivity index (χ3n) is 4.67. The van der Waals surface area contributed by atoms with Crippen molar-refractivity contribution in [3.63, 3.8) is 0 Å². The molecule has 1 atom stereocenters. The van der Waals surface area contributed by atoms with Crippen LogP contribution in [0.15, 0.2) is 18.2 Å². The molecule has 1 unspecified atom stereocenters. The maximum absolute atomic E-state index is 14.1. The predicted octanol–water partition coefficient (Wildman–Crippen LogP) is 3.71. The highest BCUT2D eigenvalue weighted by Gasteiger charge is 2.36. The van der Waals surface area contributed by atoms with Crippen LogP contribution in [0.1, 0.15) is 40.0 Å². The van der Waals surface area contributed by atoms with Gasteiger partial charge >= 0.3 is 0 Å². The normalized spacial score (nSPS) is 22.1. The van der Waals surface area contributed by atoms with Gasteiger partial charge in [0.2, 0.25) is 0 Å². The van der Waals surface area contributed by atoms with E-state index in [-0.39, 0.29) is 11.6 Å². The smallest absolute Gasteiger partial charge is 0.149 e. The van der Waals surface area contributed by atoms with Gasteiger partial charge in [0.15, 0.2) is 0 Å². The molecule has 4 heteroatoms. The number of piperazine rings is 1. The van der Waals surface area contributed by atoms with Crippen molar-refractivity contribution in [1.29, 1.82) is 0 Å². The molecule has 2 rings (SSSR count). The van der Waals surface area contributed by atoms with Crippen LogP contribution in [0.25, 0.3) is 0 Å². The summed E-state index contributed by atoms with van der Waals surface area (Å²) < 4.78 is 27.2. The summed E-state index contributed by atoms with van der Waals surface area (Å²) in [7, 11) is 0. The van der Waals surface area contributed by atoms with Crippen LogP contribution in [0, 0.1) is 11.6 Å². The maximum atomic E-state index is 14.1. The van der Waals surface area contributed by atoms with Gasteiger partial charge in [-0.25, -0.2) is 8.78 Å². The van der Waals surface area contributed by atoms with E-state index in [0.717, 1.165) is 38.4 Å². The van der Waals surface area contributed by atoms with Crippen molar-refractivity contribution in [2.75, 3.05) is 18.0 Å². The summed E-state index contributed by atoms with van der Waals surface area (Å²) in [6.07, 6.45) is 2.94. The fraction of sp³-hybridized carbons (Fsp3) is 0.625. The quantitative estimate of drug-likeness (QED) is 0.905. The Bertz CT molecular complexity index is 458. The fourth-order valence-electron chi connectivity index (χ4n) is 3.04. The molecule has 0 bridgehead atoms. The Morgan fingerprint density at radius 1 is 1.25 bits per heavy atom. The maximum Gasteiger partial charge on any atom is 0.149 e. The van der Waals surface area contributed by atoms with Crippen LogP contribution in [0.4, 0.5) is 14.5 Å². The van der Waals surface area contributed by atoms with Gasteiger partial charge in [0.1, 0.15) is 11.6 Å². The number of hydrogen-bond donors (Lipinski definition) is 1. The van der Waals surface area contributed by atoms with Gasteiger partial charge in [0.05, 0.1) is 5.69 Å². The van der Waals surface area contributed by atoms with Gasteiger partial charge in [0.25, 0.3) is 0 Å². The third-order valence-corrected chi connectivity index (χ3v) is 4.67. The lowest BCUT2D eigenvalue weighted by Gasteiger charge is -2.48. The molecule has 0 aliphatic carbocycles. The molecule has 1 aliphatic rings. The Labute approximate surface area is 120 Å². The van der Waals surface area contributed by atoms with Gasteiger partial charge < -0.3 is 10.2 Å². The van der Waals surface area contributed by atoms with E-state index in [1.165, 1.54) is 6.07 Å². The molecule has 112 valence electrons. The molecule has 2 nitrogen and oxygen atoms in total. The zero-order valence-corrected chi connectivity index (χ0v) is 12.5. The summed E-state index contributed by atoms with van der Waals surface area (Å²) in [5.41, 5.74) is 0.540. The monoisotopic (exact) mass is 282 g/mol. The van der Waals surface area contributed by atoms with Gasteiger partial charge in [-0.05, 0) is 31.4 Å². The molecule has 20 heavy (non-hydrogen) atoms. The number of anilines is 1. The van der Waals surface area contributed by atoms with Crippen LogP contribution in [0.3, 0.4) is 0 Å². The molecule has 0 spiro atoms. The highest BCUT2D eigenvalue weighted by atomic mass is 19.1. The van der Waals surface area contributed by atoms with E-state index in [9.17, 15) is 8.78 Å². The molecular formula is C16H24F2N2. The van der Waals surface area contributed by atoms with E-state index in [1.807, 2.05) is 0 Å². The van der Waals surface area contributed by atoms with Gasteiger partial charge in [-0.2, -0.15) is 0 Å². The number of hydrogen-bond acceptors (Lipinski definition) is 2. The van der Waals surface area contributed by atoms with Crippen LogP contribution < -0.4 is 10.2 Å². The Hall–Kier alpha value is -1.16. The molecule has 0 radical (unpaired) electrons. The highest BCUT2D eigenvalue weighted by Crippen LogP contribution is 2.30. The van der Waals surface area contributed by atoms with Crippen molar-refractivity contribution >= 4 is 5.69 Å². The lowest BCUT2D eigenvalue weighted by atomic mass is 9.87. The second kappa shape index (κ2) is 6.08. The van der Waals surface area contributed by atoms with E-state index in [2.05, 4.69) is 31.0 Å². The minimum Gasteiger partial charge on any atom is -0.363 e. The Morgan fingerprint density at radius 3 is 2.50 bits per heavy atom. The zero-order valence-electron chi connectivity index (χ0n) is 12.5. The van der Waals surface area contributed by atoms with Crippen LogP contribution in [0.2, 0.25) is 0 Å². The lowest BCUT2D eigenvalue weighted by molar-refractivity contribution is 0.245. The SMILES string of the molecule is CCC1CNC(CC)(CC)CN1c1ccc(F)cc1F. The zero-order chi connectivity index (χ0) is 14.8. The van der Waals surface area contributed by atoms with Crippen LogP contribution >= 0.6 is 0 Å². The minimum atomic E-state index is -0.522. The van der Waals surface area contributed by atoms with Gasteiger partial charge in [-0.15, -0.1) is 0 Å². The molecule has 1 aromatic rings. The number of nitrogens with one attached hydrogen (secondary N) is 1. The van der Waals surface area contributed by atoms with E-state index in [1.54, 1.807) is 6.07 Å². The standard InChI is InChI=1S/C16H24F2N2/c1-4-13-10-19-16(5-2,6-3)11-20(13)15-8-7-12(17)9-14(15)18/h7-9,13,19H,4-6,10-11H2,1-3H3. The van der Waals surface area contributed by atoms with Crippen molar-refractivity contribution in [2.45, 2.75) is 51.6 Å². The van der Waals surface area contributed by atoms with Gasteiger partial charge in [-0.3, -0.25) is 0 Å². The first-order chi connectivity index (χ1) is 9.55. The number of halogens is 2. The van der Waals surface area contributed by atoms with Crippen molar-refractivity contribution in [3.05, 3.63) is 29.8 Å². The van der Waals surface area contributed by atoms with Gasteiger partial charge in [-0.1, -0.05) is 20.8 Å². The second-order valence-corrected chi connectivity index (χ2v) is 5.65. The summed E-state index contributed by atoms with van der Waals surface area (Å²) in [6, 6.07) is 4.13. The molecular weight excluding hydrogens is 258 g/mol. The largest absolute Gasteiger partial charge is 0.363 e. The molecule has 1 N–H and O–H groups in total. The molecule has 0 amide bonds. The summed E-state index contributed by atoms with van der Waals surface area (Å²) >= 11 is 0. The highest BCUT2D eigenvalue weighted by molar-refractivity contribution is 5.50. The first-order valence-electron chi connectivity index (χ1n) is 7.52. The minimum absolute atomic E-state index is 0.0203. The third kappa shape index (κ3) is 2.80. The molecule has 1 heterocycles. The Kier molecular flexibility index (Phi) is 4.63. The van der Waals surface area contributed by atoms with E-state index in [0.29, 0.717) is 5.69 Å². The average Bonchev–Trinajstić information content (AvgIpc) is 2.46. The number of rotatable bonds is 4. The van der Waals surface area contributed by atoms with Crippen molar-refractivity contribution in [1.82, 2.24) is 5.32 Å². The second-order valence-electron chi connectivity index (χ2n) is 5.65. The van der Waals surface area contributed by atoms with Crippen molar-refractivity contribution < 1.29 is 8.78 Å². The molecule has 1 fully saturated rings. The summed E-state index contributed by atoms with van der Waals surface area (Å²) in [5.74, 6) is -0.988. The van der Waals surface area contributed by atoms with Crippen molar-refractivity contribution in [3.8, 4) is 0 Å². The summed E-state index contributed by atoms with van der Waals surface area (Å²) in [4.78, 5) is 2.11. The van der Waals surface area contributed by atoms with Crippen LogP contribution in [-0.2, 0) is 0 Å². The Balaban J connectivity index is 2.33. The molecule has 0 saturated carbocycles. The number of benzene rings is 1. The molecule has 1 aliphatic heterocycles. The van der Waals surface area contributed by atoms with E-state index >= 15 is 0 Å². The van der Waals surface area contributed by atoms with E-state index < -0.39 is 11.6 Å². The van der Waals surface area contributed by atoms with Crippen LogP contribution in [-0.4, -0.2) is 24.7 Å². The van der Waals surface area contributed by atoms with Crippen molar-refractivity contribution in [2.24, 2.45) is 0 Å². The number of nitrogens with zero attached hydrogens (tertiary/aromatic N) is 1. The van der Waals surface area contributed by atoms with Gasteiger partial charge in [0, 0.05) is 30.7 Å². The topological polar surface area (TPSA) is 15.3 Å². The first kappa shape index (κ1) is 15.2. The summed E-state index contributed by atoms with van der Waals surface area (Å²) in [5, 5.41) is 3.63. The molecule has 0 aromatic heterocycles. The Morgan fingerprint density at radius 2 is 1.95 bits per heavy atom.